The number of carbonyl (C=O) groups is 1. The van der Waals surface area contributed by atoms with Gasteiger partial charge >= 0.3 is 0 Å². The highest BCUT2D eigenvalue weighted by Crippen LogP contribution is 2.66. The number of fused-ring (bicyclic) bond motifs is 1. The van der Waals surface area contributed by atoms with E-state index in [1.54, 1.807) is 29.3 Å². The predicted molar refractivity (Wildman–Crippen MR) is 144 cm³/mol. The van der Waals surface area contributed by atoms with Crippen molar-refractivity contribution < 1.29 is 18.3 Å². The van der Waals surface area contributed by atoms with Gasteiger partial charge in [-0.3, -0.25) is 14.8 Å². The van der Waals surface area contributed by atoms with Crippen LogP contribution in [0.3, 0.4) is 0 Å². The van der Waals surface area contributed by atoms with E-state index >= 15 is 8.78 Å². The Morgan fingerprint density at radius 2 is 2.05 bits per heavy atom. The summed E-state index contributed by atoms with van der Waals surface area (Å²) in [6.07, 6.45) is 5.70. The Bertz CT molecular complexity index is 1410. The van der Waals surface area contributed by atoms with Gasteiger partial charge in [0.1, 0.15) is 16.4 Å². The Balaban J connectivity index is 1.27. The Morgan fingerprint density at radius 3 is 2.76 bits per heavy atom. The molecular formula is C29H28F2N4O2S. The number of benzene rings is 1. The van der Waals surface area contributed by atoms with Gasteiger partial charge in [-0.1, -0.05) is 29.7 Å². The molecule has 3 atom stereocenters. The first kappa shape index (κ1) is 25.1. The minimum absolute atomic E-state index is 0.00118. The molecule has 2 saturated carbocycles. The SMILES string of the molecule is C[C@]1(c2cc(/C=C(\F)c3ccc(C#CC4CC4)cn3)ccc2F)N=C(N)S[C@@]2(C(=O)N3CCOCC3)C[C@H]21. The summed E-state index contributed by atoms with van der Waals surface area (Å²) in [6.45, 7) is 3.86. The van der Waals surface area contributed by atoms with Crippen LogP contribution in [0.1, 0.15) is 48.6 Å². The van der Waals surface area contributed by atoms with Crippen molar-refractivity contribution in [2.45, 2.75) is 36.5 Å². The molecule has 38 heavy (non-hydrogen) atoms. The topological polar surface area (TPSA) is 80.8 Å². The van der Waals surface area contributed by atoms with E-state index in [-0.39, 0.29) is 22.7 Å². The number of morpholine rings is 1. The van der Waals surface area contributed by atoms with Crippen molar-refractivity contribution in [1.29, 1.82) is 0 Å². The number of carbonyl (C=O) groups excluding carboxylic acids is 1. The van der Waals surface area contributed by atoms with Crippen LogP contribution in [0.25, 0.3) is 11.9 Å². The molecule has 6 rings (SSSR count). The van der Waals surface area contributed by atoms with E-state index in [0.717, 1.165) is 18.4 Å². The van der Waals surface area contributed by atoms with Gasteiger partial charge in [0.2, 0.25) is 5.91 Å². The fraction of sp³-hybridized carbons (Fsp3) is 0.414. The van der Waals surface area contributed by atoms with Crippen LogP contribution in [0.4, 0.5) is 8.78 Å². The maximum absolute atomic E-state index is 15.3. The van der Waals surface area contributed by atoms with Crippen molar-refractivity contribution in [2.75, 3.05) is 26.3 Å². The van der Waals surface area contributed by atoms with E-state index in [1.807, 2.05) is 6.92 Å². The molecule has 196 valence electrons. The molecule has 1 aromatic carbocycles. The highest BCUT2D eigenvalue weighted by molar-refractivity contribution is 8.15. The lowest BCUT2D eigenvalue weighted by Gasteiger charge is -2.36. The van der Waals surface area contributed by atoms with Crippen molar-refractivity contribution in [3.8, 4) is 11.8 Å². The van der Waals surface area contributed by atoms with Crippen LogP contribution in [0.2, 0.25) is 0 Å². The molecular weight excluding hydrogens is 506 g/mol. The first-order valence-corrected chi connectivity index (χ1v) is 13.7. The van der Waals surface area contributed by atoms with Crippen LogP contribution in [0.15, 0.2) is 41.5 Å². The van der Waals surface area contributed by atoms with Gasteiger partial charge in [0, 0.05) is 42.2 Å². The van der Waals surface area contributed by atoms with E-state index in [2.05, 4.69) is 21.8 Å². The lowest BCUT2D eigenvalue weighted by atomic mass is 9.84. The van der Waals surface area contributed by atoms with Gasteiger partial charge in [0.15, 0.2) is 5.17 Å². The molecule has 0 radical (unpaired) electrons. The third kappa shape index (κ3) is 4.61. The predicted octanol–water partition coefficient (Wildman–Crippen LogP) is 4.34. The van der Waals surface area contributed by atoms with Gasteiger partial charge in [-0.25, -0.2) is 8.78 Å². The highest BCUT2D eigenvalue weighted by Gasteiger charge is 2.71. The Labute approximate surface area is 224 Å². The van der Waals surface area contributed by atoms with Gasteiger partial charge in [0.25, 0.3) is 0 Å². The molecule has 3 heterocycles. The molecule has 2 N–H and O–H groups in total. The second-order valence-electron chi connectivity index (χ2n) is 10.5. The molecule has 9 heteroatoms. The first-order valence-electron chi connectivity index (χ1n) is 12.9. The maximum Gasteiger partial charge on any atom is 0.239 e. The molecule has 2 aliphatic carbocycles. The Hall–Kier alpha value is -3.22. The standard InChI is InChI=1S/C29H28F2N4O2S/c1-28(25-16-29(25,38-27(32)34-28)26(36)35-10-12-37-13-11-35)21-14-20(6-8-22(21)30)15-23(31)24-9-7-19(17-33-24)5-4-18-2-3-18/h6-9,14-15,17-18,25H,2-3,10-13,16H2,1H3,(H2,32,34)/b23-15-/t25-,28+,29-/m0/s1. The number of aliphatic imine (C=N–C) groups is 1. The van der Waals surface area contributed by atoms with Crippen molar-refractivity contribution >= 4 is 34.7 Å². The van der Waals surface area contributed by atoms with Crippen LogP contribution < -0.4 is 5.73 Å². The number of ether oxygens (including phenoxy) is 1. The van der Waals surface area contributed by atoms with Crippen molar-refractivity contribution in [2.24, 2.45) is 22.6 Å². The van der Waals surface area contributed by atoms with E-state index in [4.69, 9.17) is 10.5 Å². The van der Waals surface area contributed by atoms with E-state index in [9.17, 15) is 4.79 Å². The molecule has 2 aliphatic heterocycles. The van der Waals surface area contributed by atoms with Gasteiger partial charge in [0.05, 0.1) is 24.4 Å². The molecule has 3 fully saturated rings. The van der Waals surface area contributed by atoms with Gasteiger partial charge in [-0.05, 0) is 62.1 Å². The number of aromatic nitrogens is 1. The zero-order valence-corrected chi connectivity index (χ0v) is 21.9. The van der Waals surface area contributed by atoms with Gasteiger partial charge < -0.3 is 15.4 Å². The summed E-state index contributed by atoms with van der Waals surface area (Å²) in [5.74, 6) is 5.46. The monoisotopic (exact) mass is 534 g/mol. The van der Waals surface area contributed by atoms with Crippen molar-refractivity contribution in [1.82, 2.24) is 9.88 Å². The second kappa shape index (κ2) is 9.51. The molecule has 0 bridgehead atoms. The number of hydrogen-bond acceptors (Lipinski definition) is 6. The maximum atomic E-state index is 15.3. The number of amidine groups is 1. The summed E-state index contributed by atoms with van der Waals surface area (Å²) in [7, 11) is 0. The third-order valence-corrected chi connectivity index (χ3v) is 9.00. The molecule has 0 spiro atoms. The van der Waals surface area contributed by atoms with Crippen LogP contribution in [-0.2, 0) is 15.1 Å². The van der Waals surface area contributed by atoms with Crippen LogP contribution in [0.5, 0.6) is 0 Å². The minimum Gasteiger partial charge on any atom is -0.378 e. The zero-order valence-electron chi connectivity index (χ0n) is 21.0. The third-order valence-electron chi connectivity index (χ3n) is 7.71. The number of thioether (sulfide) groups is 1. The smallest absolute Gasteiger partial charge is 0.239 e. The molecule has 1 saturated heterocycles. The van der Waals surface area contributed by atoms with E-state index in [1.165, 1.54) is 30.0 Å². The molecule has 4 aliphatic rings. The largest absolute Gasteiger partial charge is 0.378 e. The number of amides is 1. The number of halogens is 2. The molecule has 1 aromatic heterocycles. The first-order chi connectivity index (χ1) is 18.3. The summed E-state index contributed by atoms with van der Waals surface area (Å²) >= 11 is 1.27. The molecule has 2 aromatic rings. The summed E-state index contributed by atoms with van der Waals surface area (Å²) < 4.78 is 35.0. The fourth-order valence-corrected chi connectivity index (χ4v) is 6.80. The van der Waals surface area contributed by atoms with E-state index < -0.39 is 21.9 Å². The van der Waals surface area contributed by atoms with Crippen LogP contribution >= 0.6 is 11.8 Å². The van der Waals surface area contributed by atoms with Gasteiger partial charge in [-0.2, -0.15) is 0 Å². The van der Waals surface area contributed by atoms with Gasteiger partial charge in [-0.15, -0.1) is 0 Å². The van der Waals surface area contributed by atoms with Crippen LogP contribution in [0, 0.1) is 29.5 Å². The summed E-state index contributed by atoms with van der Waals surface area (Å²) in [5, 5.41) is 0.253. The number of nitrogens with zero attached hydrogens (tertiary/aromatic N) is 3. The Morgan fingerprint density at radius 1 is 1.26 bits per heavy atom. The molecule has 1 amide bonds. The molecule has 6 nitrogen and oxygen atoms in total. The number of nitrogens with two attached hydrogens (primary N) is 1. The quantitative estimate of drug-likeness (QED) is 0.591. The number of rotatable bonds is 4. The molecule has 0 unspecified atom stereocenters. The average Bonchev–Trinajstić information content (AvgIpc) is 3.85. The second-order valence-corrected chi connectivity index (χ2v) is 11.8. The lowest BCUT2D eigenvalue weighted by molar-refractivity contribution is -0.135. The van der Waals surface area contributed by atoms with E-state index in [0.29, 0.717) is 49.8 Å². The lowest BCUT2D eigenvalue weighted by Crippen LogP contribution is -2.49. The van der Waals surface area contributed by atoms with Crippen molar-refractivity contribution in [3.63, 3.8) is 0 Å². The number of hydrogen-bond donors (Lipinski definition) is 1. The normalized spacial score (nSPS) is 28.6. The number of pyridine rings is 1. The summed E-state index contributed by atoms with van der Waals surface area (Å²) in [4.78, 5) is 24.2. The van der Waals surface area contributed by atoms with Crippen molar-refractivity contribution in [3.05, 3.63) is 64.7 Å². The summed E-state index contributed by atoms with van der Waals surface area (Å²) in [6, 6.07) is 7.76. The van der Waals surface area contributed by atoms with Crippen LogP contribution in [-0.4, -0.2) is 52.0 Å². The Kier molecular flexibility index (Phi) is 6.28. The minimum atomic E-state index is -1.05. The highest BCUT2D eigenvalue weighted by atomic mass is 32.2. The fourth-order valence-electron chi connectivity index (χ4n) is 5.35. The summed E-state index contributed by atoms with van der Waals surface area (Å²) in [5.41, 5.74) is 6.85. The zero-order chi connectivity index (χ0) is 26.5. The average molecular weight is 535 g/mol.